The quantitative estimate of drug-likeness (QED) is 0.738. The molecule has 2 aromatic rings. The number of rotatable bonds is 7. The zero-order chi connectivity index (χ0) is 21.8. The fourth-order valence-electron chi connectivity index (χ4n) is 4.26. The van der Waals surface area contributed by atoms with E-state index in [0.29, 0.717) is 5.75 Å². The van der Waals surface area contributed by atoms with Crippen LogP contribution in [0.1, 0.15) is 31.9 Å². The Morgan fingerprint density at radius 2 is 1.77 bits per heavy atom. The van der Waals surface area contributed by atoms with E-state index >= 15 is 0 Å². The first-order chi connectivity index (χ1) is 14.9. The summed E-state index contributed by atoms with van der Waals surface area (Å²) in [7, 11) is 0. The molecule has 0 unspecified atom stereocenters. The van der Waals surface area contributed by atoms with E-state index in [1.165, 1.54) is 5.56 Å². The highest BCUT2D eigenvalue weighted by Gasteiger charge is 2.32. The molecule has 31 heavy (non-hydrogen) atoms. The predicted octanol–water partition coefficient (Wildman–Crippen LogP) is 3.56. The first-order valence-electron chi connectivity index (χ1n) is 11.2. The van der Waals surface area contributed by atoms with Gasteiger partial charge in [0.25, 0.3) is 5.91 Å². The van der Waals surface area contributed by atoms with Gasteiger partial charge in [-0.2, -0.15) is 0 Å². The van der Waals surface area contributed by atoms with Crippen LogP contribution in [0, 0.1) is 0 Å². The maximum Gasteiger partial charge on any atom is 0.262 e. The Morgan fingerprint density at radius 1 is 1.06 bits per heavy atom. The molecule has 2 aliphatic heterocycles. The molecule has 1 fully saturated rings. The van der Waals surface area contributed by atoms with E-state index in [-0.39, 0.29) is 18.1 Å². The van der Waals surface area contributed by atoms with Gasteiger partial charge in [0.15, 0.2) is 18.1 Å². The molecule has 0 bridgehead atoms. The summed E-state index contributed by atoms with van der Waals surface area (Å²) in [4.78, 5) is 17.3. The van der Waals surface area contributed by atoms with Gasteiger partial charge in [0, 0.05) is 50.4 Å². The molecule has 0 radical (unpaired) electrons. The van der Waals surface area contributed by atoms with E-state index in [0.717, 1.165) is 62.7 Å². The predicted molar refractivity (Wildman–Crippen MR) is 123 cm³/mol. The standard InChI is InChI=1S/C25H33N3O3/c1-4-27-12-14-28(15-13-27)17-19-8-10-21(11-9-19)26-23(29)18-30-22-7-5-6-20-16-25(2,3)31-24(20)22/h5-11H,4,12-18H2,1-3H3,(H,26,29). The molecule has 1 amide bonds. The lowest BCUT2D eigenvalue weighted by atomic mass is 10.0. The molecule has 4 rings (SSSR count). The van der Waals surface area contributed by atoms with Crippen molar-refractivity contribution in [3.63, 3.8) is 0 Å². The van der Waals surface area contributed by atoms with Crippen LogP contribution in [-0.2, 0) is 17.8 Å². The van der Waals surface area contributed by atoms with Gasteiger partial charge >= 0.3 is 0 Å². The highest BCUT2D eigenvalue weighted by atomic mass is 16.5. The van der Waals surface area contributed by atoms with Crippen LogP contribution in [0.5, 0.6) is 11.5 Å². The first kappa shape index (κ1) is 21.7. The maximum atomic E-state index is 12.4. The third-order valence-electron chi connectivity index (χ3n) is 5.97. The van der Waals surface area contributed by atoms with Gasteiger partial charge in [0.05, 0.1) is 0 Å². The lowest BCUT2D eigenvalue weighted by molar-refractivity contribution is -0.118. The second-order valence-corrected chi connectivity index (χ2v) is 9.03. The van der Waals surface area contributed by atoms with E-state index in [9.17, 15) is 4.79 Å². The number of hydrogen-bond acceptors (Lipinski definition) is 5. The number of amides is 1. The third kappa shape index (κ3) is 5.57. The zero-order valence-electron chi connectivity index (χ0n) is 18.8. The number of anilines is 1. The van der Waals surface area contributed by atoms with Gasteiger partial charge in [-0.15, -0.1) is 0 Å². The summed E-state index contributed by atoms with van der Waals surface area (Å²) in [6.07, 6.45) is 0.840. The van der Waals surface area contributed by atoms with Gasteiger partial charge in [0.2, 0.25) is 0 Å². The number of carbonyl (C=O) groups is 1. The molecule has 0 aliphatic carbocycles. The van der Waals surface area contributed by atoms with E-state index in [4.69, 9.17) is 9.47 Å². The summed E-state index contributed by atoms with van der Waals surface area (Å²) in [5, 5.41) is 2.92. The van der Waals surface area contributed by atoms with Crippen molar-refractivity contribution in [1.29, 1.82) is 0 Å². The van der Waals surface area contributed by atoms with Crippen molar-refractivity contribution in [2.45, 2.75) is 39.3 Å². The van der Waals surface area contributed by atoms with Crippen molar-refractivity contribution in [1.82, 2.24) is 9.80 Å². The van der Waals surface area contributed by atoms with Crippen molar-refractivity contribution in [3.05, 3.63) is 53.6 Å². The number of fused-ring (bicyclic) bond motifs is 1. The molecule has 6 nitrogen and oxygen atoms in total. The number of carbonyl (C=O) groups excluding carboxylic acids is 1. The molecule has 166 valence electrons. The Kier molecular flexibility index (Phi) is 6.49. The Balaban J connectivity index is 1.26. The van der Waals surface area contributed by atoms with Gasteiger partial charge in [-0.05, 0) is 44.2 Å². The van der Waals surface area contributed by atoms with Gasteiger partial charge < -0.3 is 19.7 Å². The second-order valence-electron chi connectivity index (χ2n) is 9.03. The summed E-state index contributed by atoms with van der Waals surface area (Å²) < 4.78 is 11.8. The number of ether oxygens (including phenoxy) is 2. The number of hydrogen-bond donors (Lipinski definition) is 1. The lowest BCUT2D eigenvalue weighted by Crippen LogP contribution is -2.45. The van der Waals surface area contributed by atoms with Crippen LogP contribution in [0.3, 0.4) is 0 Å². The highest BCUT2D eigenvalue weighted by Crippen LogP contribution is 2.41. The summed E-state index contributed by atoms with van der Waals surface area (Å²) in [6, 6.07) is 13.9. The van der Waals surface area contributed by atoms with Crippen LogP contribution >= 0.6 is 0 Å². The summed E-state index contributed by atoms with van der Waals surface area (Å²) in [6.45, 7) is 12.8. The third-order valence-corrected chi connectivity index (χ3v) is 5.97. The normalized spacial score (nSPS) is 18.3. The molecule has 2 aliphatic rings. The molecule has 1 saturated heterocycles. The molecule has 2 aromatic carbocycles. The summed E-state index contributed by atoms with van der Waals surface area (Å²) >= 11 is 0. The van der Waals surface area contributed by atoms with Gasteiger partial charge in [-0.1, -0.05) is 31.2 Å². The molecule has 0 atom stereocenters. The minimum atomic E-state index is -0.241. The molecule has 0 saturated carbocycles. The van der Waals surface area contributed by atoms with E-state index in [2.05, 4.69) is 48.0 Å². The van der Waals surface area contributed by atoms with E-state index < -0.39 is 0 Å². The van der Waals surface area contributed by atoms with Crippen LogP contribution in [0.25, 0.3) is 0 Å². The Labute approximate surface area is 185 Å². The molecular weight excluding hydrogens is 390 g/mol. The van der Waals surface area contributed by atoms with Crippen molar-refractivity contribution in [2.24, 2.45) is 0 Å². The number of nitrogens with zero attached hydrogens (tertiary/aromatic N) is 2. The Morgan fingerprint density at radius 3 is 2.48 bits per heavy atom. The maximum absolute atomic E-state index is 12.4. The van der Waals surface area contributed by atoms with Crippen LogP contribution < -0.4 is 14.8 Å². The van der Waals surface area contributed by atoms with E-state index in [1.807, 2.05) is 30.3 Å². The summed E-state index contributed by atoms with van der Waals surface area (Å²) in [5.41, 5.74) is 2.92. The van der Waals surface area contributed by atoms with Gasteiger partial charge in [-0.3, -0.25) is 9.69 Å². The molecule has 2 heterocycles. The van der Waals surface area contributed by atoms with E-state index in [1.54, 1.807) is 0 Å². The monoisotopic (exact) mass is 423 g/mol. The fourth-order valence-corrected chi connectivity index (χ4v) is 4.26. The van der Waals surface area contributed by atoms with Crippen LogP contribution in [0.4, 0.5) is 5.69 Å². The van der Waals surface area contributed by atoms with Crippen LogP contribution in [0.2, 0.25) is 0 Å². The molecule has 6 heteroatoms. The molecule has 0 spiro atoms. The lowest BCUT2D eigenvalue weighted by Gasteiger charge is -2.34. The first-order valence-corrected chi connectivity index (χ1v) is 11.2. The topological polar surface area (TPSA) is 54.0 Å². The Hall–Kier alpha value is -2.57. The largest absolute Gasteiger partial charge is 0.483 e. The average Bonchev–Trinajstić information content (AvgIpc) is 3.08. The number of benzene rings is 2. The number of likely N-dealkylation sites (N-methyl/N-ethyl adjacent to an activating group) is 1. The average molecular weight is 424 g/mol. The second kappa shape index (κ2) is 9.28. The fraction of sp³-hybridized carbons (Fsp3) is 0.480. The number of para-hydroxylation sites is 1. The van der Waals surface area contributed by atoms with Crippen molar-refractivity contribution in [2.75, 3.05) is 44.6 Å². The van der Waals surface area contributed by atoms with Crippen molar-refractivity contribution < 1.29 is 14.3 Å². The minimum Gasteiger partial charge on any atom is -0.483 e. The Bertz CT molecular complexity index is 903. The smallest absolute Gasteiger partial charge is 0.262 e. The van der Waals surface area contributed by atoms with Crippen molar-refractivity contribution in [3.8, 4) is 11.5 Å². The number of nitrogens with one attached hydrogen (secondary N) is 1. The highest BCUT2D eigenvalue weighted by molar-refractivity contribution is 5.91. The SMILES string of the molecule is CCN1CCN(Cc2ccc(NC(=O)COc3cccc4c3OC(C)(C)C4)cc2)CC1. The van der Waals surface area contributed by atoms with Gasteiger partial charge in [-0.25, -0.2) is 0 Å². The van der Waals surface area contributed by atoms with Crippen LogP contribution in [-0.4, -0.2) is 60.6 Å². The summed E-state index contributed by atoms with van der Waals surface area (Å²) in [5.74, 6) is 1.19. The van der Waals surface area contributed by atoms with Gasteiger partial charge in [0.1, 0.15) is 5.60 Å². The minimum absolute atomic E-state index is 0.0519. The molecule has 1 N–H and O–H groups in total. The van der Waals surface area contributed by atoms with Crippen LogP contribution in [0.15, 0.2) is 42.5 Å². The molecule has 0 aromatic heterocycles. The number of piperazine rings is 1. The zero-order valence-corrected chi connectivity index (χ0v) is 18.8. The van der Waals surface area contributed by atoms with Crippen molar-refractivity contribution >= 4 is 11.6 Å². The molecular formula is C25H33N3O3.